The average Bonchev–Trinajstić information content (AvgIpc) is 3.24. The fourth-order valence-corrected chi connectivity index (χ4v) is 5.78. The Labute approximate surface area is 152 Å². The lowest BCUT2D eigenvalue weighted by atomic mass is 9.35. The van der Waals surface area contributed by atoms with Gasteiger partial charge in [-0.25, -0.2) is 0 Å². The summed E-state index contributed by atoms with van der Waals surface area (Å²) in [5, 5.41) is 0. The number of hydrogen-bond acceptors (Lipinski definition) is 4. The smallest absolute Gasteiger partial charge is 0.313 e. The summed E-state index contributed by atoms with van der Waals surface area (Å²) in [6, 6.07) is 19.9. The minimum Gasteiger partial charge on any atom is -0.465 e. The predicted molar refractivity (Wildman–Crippen MR) is 94.4 cm³/mol. The van der Waals surface area contributed by atoms with Crippen LogP contribution in [0.2, 0.25) is 0 Å². The lowest BCUT2D eigenvalue weighted by Gasteiger charge is -2.62. The second kappa shape index (κ2) is 5.44. The molecule has 4 nitrogen and oxygen atoms in total. The minimum absolute atomic E-state index is 0.175. The van der Waals surface area contributed by atoms with Crippen LogP contribution in [0.15, 0.2) is 60.7 Å². The molecule has 26 heavy (non-hydrogen) atoms. The molecule has 0 unspecified atom stereocenters. The van der Waals surface area contributed by atoms with E-state index >= 15 is 0 Å². The first kappa shape index (κ1) is 15.6. The van der Waals surface area contributed by atoms with Crippen LogP contribution in [0.25, 0.3) is 0 Å². The van der Waals surface area contributed by atoms with Gasteiger partial charge in [-0.05, 0) is 24.0 Å². The van der Waals surface area contributed by atoms with Gasteiger partial charge in [-0.1, -0.05) is 60.7 Å². The molecule has 2 heterocycles. The van der Waals surface area contributed by atoms with Gasteiger partial charge in [-0.3, -0.25) is 9.59 Å². The lowest BCUT2D eigenvalue weighted by Crippen LogP contribution is -2.65. The highest BCUT2D eigenvalue weighted by Gasteiger charge is 2.80. The lowest BCUT2D eigenvalue weighted by molar-refractivity contribution is -0.180. The molecule has 2 aliphatic heterocycles. The highest BCUT2D eigenvalue weighted by atomic mass is 16.5. The largest absolute Gasteiger partial charge is 0.465 e. The van der Waals surface area contributed by atoms with Gasteiger partial charge in [0.05, 0.1) is 24.0 Å². The fraction of sp³-hybridized carbons (Fsp3) is 0.364. The number of cyclic esters (lactones) is 2. The third kappa shape index (κ3) is 1.74. The van der Waals surface area contributed by atoms with Crippen LogP contribution >= 0.6 is 0 Å². The average molecular weight is 348 g/mol. The van der Waals surface area contributed by atoms with E-state index in [9.17, 15) is 9.59 Å². The molecule has 1 aliphatic carbocycles. The molecule has 0 amide bonds. The zero-order valence-electron chi connectivity index (χ0n) is 14.4. The zero-order chi connectivity index (χ0) is 17.8. The molecule has 3 aliphatic rings. The van der Waals surface area contributed by atoms with Crippen LogP contribution in [0.4, 0.5) is 0 Å². The Morgan fingerprint density at radius 3 is 1.35 bits per heavy atom. The highest BCUT2D eigenvalue weighted by Crippen LogP contribution is 2.77. The first-order chi connectivity index (χ1) is 12.7. The Hall–Kier alpha value is -2.62. The first-order valence-corrected chi connectivity index (χ1v) is 9.15. The maximum atomic E-state index is 13.0. The summed E-state index contributed by atoms with van der Waals surface area (Å²) in [6.45, 7) is 0.827. The van der Waals surface area contributed by atoms with E-state index in [1.54, 1.807) is 0 Å². The van der Waals surface area contributed by atoms with Crippen LogP contribution in [-0.4, -0.2) is 25.2 Å². The molecule has 2 aromatic rings. The van der Waals surface area contributed by atoms with Crippen molar-refractivity contribution in [1.82, 2.24) is 0 Å². The molecule has 0 bridgehead atoms. The number of carbonyl (C=O) groups is 2. The van der Waals surface area contributed by atoms with Crippen molar-refractivity contribution in [2.45, 2.75) is 24.7 Å². The van der Waals surface area contributed by atoms with Crippen LogP contribution < -0.4 is 0 Å². The van der Waals surface area contributed by atoms with Gasteiger partial charge < -0.3 is 9.47 Å². The van der Waals surface area contributed by atoms with Crippen LogP contribution in [-0.2, 0) is 19.1 Å². The van der Waals surface area contributed by atoms with Gasteiger partial charge in [0.2, 0.25) is 0 Å². The van der Waals surface area contributed by atoms with Gasteiger partial charge in [0, 0.05) is 11.8 Å². The first-order valence-electron chi connectivity index (χ1n) is 9.15. The summed E-state index contributed by atoms with van der Waals surface area (Å²) in [5.41, 5.74) is 0.674. The Morgan fingerprint density at radius 1 is 0.654 bits per heavy atom. The van der Waals surface area contributed by atoms with E-state index in [1.165, 1.54) is 0 Å². The van der Waals surface area contributed by atoms with Gasteiger partial charge in [0.1, 0.15) is 0 Å². The SMILES string of the molecule is O=C1OCCC12C(c1ccccc1)C1(CCOC1=O)C2c1ccccc1. The maximum Gasteiger partial charge on any atom is 0.313 e. The molecule has 0 aromatic heterocycles. The third-order valence-corrected chi connectivity index (χ3v) is 6.58. The summed E-state index contributed by atoms with van der Waals surface area (Å²) in [4.78, 5) is 26.0. The van der Waals surface area contributed by atoms with Gasteiger partial charge in [0.25, 0.3) is 0 Å². The van der Waals surface area contributed by atoms with Crippen LogP contribution in [0.3, 0.4) is 0 Å². The normalized spacial score (nSPS) is 35.4. The Kier molecular flexibility index (Phi) is 3.27. The Balaban J connectivity index is 1.75. The molecular formula is C22H20O4. The number of ether oxygens (including phenoxy) is 2. The number of rotatable bonds is 2. The summed E-state index contributed by atoms with van der Waals surface area (Å²) in [6.07, 6.45) is 1.28. The monoisotopic (exact) mass is 348 g/mol. The highest BCUT2D eigenvalue weighted by molar-refractivity contribution is 5.93. The van der Waals surface area contributed by atoms with Crippen LogP contribution in [0.1, 0.15) is 35.8 Å². The van der Waals surface area contributed by atoms with Crippen molar-refractivity contribution in [3.05, 3.63) is 71.8 Å². The van der Waals surface area contributed by atoms with Crippen molar-refractivity contribution in [2.24, 2.45) is 10.8 Å². The molecule has 132 valence electrons. The Bertz CT molecular complexity index is 777. The molecule has 2 aromatic carbocycles. The molecule has 2 spiro atoms. The fourth-order valence-electron chi connectivity index (χ4n) is 5.78. The Morgan fingerprint density at radius 2 is 1.04 bits per heavy atom. The van der Waals surface area contributed by atoms with Gasteiger partial charge >= 0.3 is 11.9 Å². The van der Waals surface area contributed by atoms with Crippen molar-refractivity contribution in [3.63, 3.8) is 0 Å². The molecule has 2 saturated heterocycles. The number of benzene rings is 2. The summed E-state index contributed by atoms with van der Waals surface area (Å²) in [7, 11) is 0. The molecule has 0 atom stereocenters. The van der Waals surface area contributed by atoms with Crippen LogP contribution in [0.5, 0.6) is 0 Å². The number of hydrogen-bond donors (Lipinski definition) is 0. The topological polar surface area (TPSA) is 52.6 Å². The minimum atomic E-state index is -0.688. The predicted octanol–water partition coefficient (Wildman–Crippen LogP) is 3.43. The molecule has 5 rings (SSSR count). The second-order valence-corrected chi connectivity index (χ2v) is 7.54. The summed E-state index contributed by atoms with van der Waals surface area (Å²) in [5.74, 6) is -0.756. The van der Waals surface area contributed by atoms with E-state index in [-0.39, 0.29) is 23.8 Å². The third-order valence-electron chi connectivity index (χ3n) is 6.58. The molecule has 0 radical (unpaired) electrons. The van der Waals surface area contributed by atoms with E-state index in [2.05, 4.69) is 0 Å². The molecule has 1 saturated carbocycles. The zero-order valence-corrected chi connectivity index (χ0v) is 14.4. The van der Waals surface area contributed by atoms with Gasteiger partial charge in [-0.2, -0.15) is 0 Å². The maximum absolute atomic E-state index is 13.0. The quantitative estimate of drug-likeness (QED) is 0.780. The second-order valence-electron chi connectivity index (χ2n) is 7.54. The molecular weight excluding hydrogens is 328 g/mol. The van der Waals surface area contributed by atoms with Crippen molar-refractivity contribution in [1.29, 1.82) is 0 Å². The van der Waals surface area contributed by atoms with E-state index in [1.807, 2.05) is 60.7 Å². The van der Waals surface area contributed by atoms with Gasteiger partial charge in [-0.15, -0.1) is 0 Å². The van der Waals surface area contributed by atoms with E-state index in [0.717, 1.165) is 11.1 Å². The van der Waals surface area contributed by atoms with Gasteiger partial charge in [0.15, 0.2) is 0 Å². The van der Waals surface area contributed by atoms with Crippen molar-refractivity contribution < 1.29 is 19.1 Å². The molecule has 4 heteroatoms. The van der Waals surface area contributed by atoms with Crippen molar-refractivity contribution >= 4 is 11.9 Å². The summed E-state index contributed by atoms with van der Waals surface area (Å²) >= 11 is 0. The van der Waals surface area contributed by atoms with Crippen molar-refractivity contribution in [2.75, 3.05) is 13.2 Å². The van der Waals surface area contributed by atoms with Crippen LogP contribution in [0, 0.1) is 10.8 Å². The standard InChI is InChI=1S/C22H20O4/c23-19-21(11-13-25-19)17(15-7-3-1-4-8-15)22(12-14-26-20(22)24)18(21)16-9-5-2-6-10-16/h1-10,17-18H,11-14H2. The molecule has 0 N–H and O–H groups in total. The molecule has 3 fully saturated rings. The van der Waals surface area contributed by atoms with E-state index in [4.69, 9.17) is 9.47 Å². The number of esters is 2. The van der Waals surface area contributed by atoms with E-state index in [0.29, 0.717) is 26.1 Å². The van der Waals surface area contributed by atoms with Crippen molar-refractivity contribution in [3.8, 4) is 0 Å². The number of carbonyl (C=O) groups excluding carboxylic acids is 2. The van der Waals surface area contributed by atoms with E-state index < -0.39 is 10.8 Å². The summed E-state index contributed by atoms with van der Waals surface area (Å²) < 4.78 is 10.9.